The number of hydrogen-bond donors (Lipinski definition) is 4. The van der Waals surface area contributed by atoms with Crippen LogP contribution in [0.15, 0.2) is 42.7 Å². The molecule has 0 spiro atoms. The smallest absolute Gasteiger partial charge is 0.307 e. The lowest BCUT2D eigenvalue weighted by Gasteiger charge is -2.12. The average molecular weight is 477 g/mol. The summed E-state index contributed by atoms with van der Waals surface area (Å²) in [4.78, 5) is 19.7. The number of nitrogens with one attached hydrogen (secondary N) is 2. The predicted molar refractivity (Wildman–Crippen MR) is 128 cm³/mol. The van der Waals surface area contributed by atoms with Gasteiger partial charge >= 0.3 is 5.97 Å². The van der Waals surface area contributed by atoms with Gasteiger partial charge in [-0.1, -0.05) is 12.1 Å². The third kappa shape index (κ3) is 3.90. The summed E-state index contributed by atoms with van der Waals surface area (Å²) < 4.78 is 30.9. The molecule has 35 heavy (non-hydrogen) atoms. The summed E-state index contributed by atoms with van der Waals surface area (Å²) in [6.45, 7) is 3.98. The zero-order chi connectivity index (χ0) is 24.9. The van der Waals surface area contributed by atoms with E-state index >= 15 is 0 Å². The molecule has 0 unspecified atom stereocenters. The van der Waals surface area contributed by atoms with Gasteiger partial charge in [-0.3, -0.25) is 9.89 Å². The number of nitrogen functional groups attached to an aromatic ring is 1. The van der Waals surface area contributed by atoms with Crippen LogP contribution in [-0.2, 0) is 11.2 Å². The van der Waals surface area contributed by atoms with E-state index < -0.39 is 24.0 Å². The van der Waals surface area contributed by atoms with Crippen molar-refractivity contribution >= 4 is 45.4 Å². The third-order valence-corrected chi connectivity index (χ3v) is 5.76. The highest BCUT2D eigenvalue weighted by Gasteiger charge is 2.21. The van der Waals surface area contributed by atoms with Gasteiger partial charge < -0.3 is 20.7 Å². The van der Waals surface area contributed by atoms with E-state index in [1.807, 2.05) is 42.8 Å². The number of benzene rings is 2. The first-order valence-electron chi connectivity index (χ1n) is 10.8. The molecule has 11 heteroatoms. The summed E-state index contributed by atoms with van der Waals surface area (Å²) in [7, 11) is 0. The minimum Gasteiger partial charge on any atom is -0.481 e. The maximum Gasteiger partial charge on any atom is 0.307 e. The normalized spacial score (nSPS) is 11.6. The monoisotopic (exact) mass is 477 g/mol. The molecular weight excluding hydrogens is 456 g/mol. The molecular formula is C24H21F2N7O2. The number of carbonyl (C=O) groups is 1. The Bertz CT molecular complexity index is 1610. The Balaban J connectivity index is 1.63. The van der Waals surface area contributed by atoms with Crippen LogP contribution >= 0.6 is 0 Å². The molecule has 178 valence electrons. The summed E-state index contributed by atoms with van der Waals surface area (Å²) in [5.41, 5.74) is 8.99. The second-order valence-corrected chi connectivity index (χ2v) is 8.43. The van der Waals surface area contributed by atoms with Crippen molar-refractivity contribution in [3.8, 4) is 11.1 Å². The SMILES string of the molecule is CC(C)n1cc(-c2cccc3[nH]ncc23)c2c(N)nc(Nc3cc(F)c(CC(=O)O)cc3F)nc21. The van der Waals surface area contributed by atoms with E-state index in [9.17, 15) is 13.6 Å². The second-order valence-electron chi connectivity index (χ2n) is 8.43. The fourth-order valence-electron chi connectivity index (χ4n) is 4.14. The first-order valence-corrected chi connectivity index (χ1v) is 10.8. The number of hydrogen-bond acceptors (Lipinski definition) is 6. The van der Waals surface area contributed by atoms with Crippen LogP contribution in [0.2, 0.25) is 0 Å². The van der Waals surface area contributed by atoms with Crippen LogP contribution in [0.25, 0.3) is 33.1 Å². The number of carboxylic acid groups (broad SMARTS) is 1. The molecule has 0 saturated heterocycles. The number of aromatic nitrogens is 5. The van der Waals surface area contributed by atoms with E-state index in [0.29, 0.717) is 11.0 Å². The maximum atomic E-state index is 14.6. The molecule has 0 atom stereocenters. The summed E-state index contributed by atoms with van der Waals surface area (Å²) in [5.74, 6) is -2.81. The van der Waals surface area contributed by atoms with Crippen LogP contribution < -0.4 is 11.1 Å². The van der Waals surface area contributed by atoms with Crippen molar-refractivity contribution in [3.05, 3.63) is 59.9 Å². The molecule has 0 radical (unpaired) electrons. The lowest BCUT2D eigenvalue weighted by molar-refractivity contribution is -0.136. The molecule has 0 fully saturated rings. The number of carboxylic acids is 1. The quantitative estimate of drug-likeness (QED) is 0.276. The molecule has 3 heterocycles. The Morgan fingerprint density at radius 1 is 1.20 bits per heavy atom. The van der Waals surface area contributed by atoms with E-state index in [-0.39, 0.29) is 29.1 Å². The van der Waals surface area contributed by atoms with E-state index in [1.54, 1.807) is 6.20 Å². The molecule has 5 rings (SSSR count). The fourth-order valence-corrected chi connectivity index (χ4v) is 4.14. The topological polar surface area (TPSA) is 135 Å². The minimum atomic E-state index is -1.26. The maximum absolute atomic E-state index is 14.6. The van der Waals surface area contributed by atoms with Crippen molar-refractivity contribution < 1.29 is 18.7 Å². The summed E-state index contributed by atoms with van der Waals surface area (Å²) in [5, 5.41) is 20.2. The van der Waals surface area contributed by atoms with Gasteiger partial charge in [0.1, 0.15) is 23.1 Å². The Kier molecular flexibility index (Phi) is 5.31. The van der Waals surface area contributed by atoms with Crippen LogP contribution in [0.5, 0.6) is 0 Å². The Labute approximate surface area is 197 Å². The fraction of sp³-hybridized carbons (Fsp3) is 0.167. The number of fused-ring (bicyclic) bond motifs is 2. The second kappa shape index (κ2) is 8.35. The van der Waals surface area contributed by atoms with Crippen LogP contribution in [0, 0.1) is 11.6 Å². The van der Waals surface area contributed by atoms with E-state index in [2.05, 4.69) is 25.5 Å². The summed E-state index contributed by atoms with van der Waals surface area (Å²) >= 11 is 0. The van der Waals surface area contributed by atoms with Gasteiger partial charge in [0.05, 0.1) is 29.2 Å². The van der Waals surface area contributed by atoms with Crippen molar-refractivity contribution in [2.45, 2.75) is 26.3 Å². The highest BCUT2D eigenvalue weighted by Crippen LogP contribution is 2.38. The van der Waals surface area contributed by atoms with Crippen LogP contribution in [0.3, 0.4) is 0 Å². The van der Waals surface area contributed by atoms with Crippen LogP contribution in [0.4, 0.5) is 26.2 Å². The van der Waals surface area contributed by atoms with Gasteiger partial charge in [-0.05, 0) is 31.5 Å². The van der Waals surface area contributed by atoms with Gasteiger partial charge in [-0.25, -0.2) is 8.78 Å². The number of anilines is 3. The van der Waals surface area contributed by atoms with Gasteiger partial charge in [0.25, 0.3) is 0 Å². The molecule has 0 aliphatic rings. The number of rotatable bonds is 6. The van der Waals surface area contributed by atoms with Crippen molar-refractivity contribution in [2.75, 3.05) is 11.1 Å². The average Bonchev–Trinajstić information content (AvgIpc) is 3.42. The van der Waals surface area contributed by atoms with Crippen molar-refractivity contribution in [1.82, 2.24) is 24.7 Å². The summed E-state index contributed by atoms with van der Waals surface area (Å²) in [6, 6.07) is 7.52. The molecule has 0 saturated carbocycles. The van der Waals surface area contributed by atoms with E-state index in [1.165, 1.54) is 0 Å². The first kappa shape index (κ1) is 22.3. The zero-order valence-corrected chi connectivity index (χ0v) is 18.8. The van der Waals surface area contributed by atoms with Gasteiger partial charge in [0.15, 0.2) is 0 Å². The number of nitrogens with two attached hydrogens (primary N) is 1. The molecule has 0 aliphatic heterocycles. The standard InChI is InChI=1S/C24H21F2N7O2/c1-11(2)33-10-15(13-4-3-5-18-14(13)9-28-32-18)21-22(27)30-24(31-23(21)33)29-19-8-16(25)12(6-17(19)26)7-20(34)35/h3-6,8-11H,7H2,1-2H3,(H,28,32)(H,34,35)(H3,27,29,30,31). The van der Waals surface area contributed by atoms with Crippen LogP contribution in [0.1, 0.15) is 25.5 Å². The summed E-state index contributed by atoms with van der Waals surface area (Å²) in [6.07, 6.45) is 3.04. The molecule has 5 aromatic rings. The van der Waals surface area contributed by atoms with Gasteiger partial charge in [-0.2, -0.15) is 15.1 Å². The highest BCUT2D eigenvalue weighted by molar-refractivity contribution is 6.07. The first-order chi connectivity index (χ1) is 16.7. The largest absolute Gasteiger partial charge is 0.481 e. The van der Waals surface area contributed by atoms with Crippen molar-refractivity contribution in [3.63, 3.8) is 0 Å². The van der Waals surface area contributed by atoms with Crippen molar-refractivity contribution in [2.24, 2.45) is 0 Å². The van der Waals surface area contributed by atoms with Gasteiger partial charge in [0, 0.05) is 34.8 Å². The number of aromatic amines is 1. The zero-order valence-electron chi connectivity index (χ0n) is 18.8. The Morgan fingerprint density at radius 3 is 2.74 bits per heavy atom. The molecule has 3 aromatic heterocycles. The minimum absolute atomic E-state index is 0.0152. The number of aliphatic carboxylic acids is 1. The number of H-pyrrole nitrogens is 1. The lowest BCUT2D eigenvalue weighted by atomic mass is 10.0. The van der Waals surface area contributed by atoms with Gasteiger partial charge in [-0.15, -0.1) is 0 Å². The third-order valence-electron chi connectivity index (χ3n) is 5.76. The highest BCUT2D eigenvalue weighted by atomic mass is 19.1. The number of nitrogens with zero attached hydrogens (tertiary/aromatic N) is 4. The molecule has 2 aromatic carbocycles. The molecule has 0 bridgehead atoms. The molecule has 0 aliphatic carbocycles. The van der Waals surface area contributed by atoms with E-state index in [4.69, 9.17) is 10.8 Å². The molecule has 5 N–H and O–H groups in total. The molecule has 0 amide bonds. The lowest BCUT2D eigenvalue weighted by Crippen LogP contribution is -2.07. The van der Waals surface area contributed by atoms with Crippen molar-refractivity contribution in [1.29, 1.82) is 0 Å². The Morgan fingerprint density at radius 2 is 2.00 bits per heavy atom. The van der Waals surface area contributed by atoms with Crippen LogP contribution in [-0.4, -0.2) is 35.8 Å². The molecule has 9 nitrogen and oxygen atoms in total. The number of halogens is 2. The Hall–Kier alpha value is -4.54. The predicted octanol–water partition coefficient (Wildman–Crippen LogP) is 4.79. The van der Waals surface area contributed by atoms with Gasteiger partial charge in [0.2, 0.25) is 5.95 Å². The van der Waals surface area contributed by atoms with E-state index in [0.717, 1.165) is 34.2 Å².